The lowest BCUT2D eigenvalue weighted by Crippen LogP contribution is -2.06. The predicted molar refractivity (Wildman–Crippen MR) is 226 cm³/mol. The fraction of sp³-hybridized carbons (Fsp3) is 0.390. The van der Waals surface area contributed by atoms with Crippen molar-refractivity contribution in [3.8, 4) is 0 Å². The number of alkyl halides is 3. The van der Waals surface area contributed by atoms with Crippen LogP contribution in [0.4, 0.5) is 13.2 Å². The Kier molecular flexibility index (Phi) is 22.7. The molecule has 0 amide bonds. The lowest BCUT2D eigenvalue weighted by Gasteiger charge is -2.02. The fourth-order valence-corrected chi connectivity index (χ4v) is 4.11. The van der Waals surface area contributed by atoms with Gasteiger partial charge in [0.25, 0.3) is 0 Å². The van der Waals surface area contributed by atoms with Gasteiger partial charge in [0.2, 0.25) is 0 Å². The van der Waals surface area contributed by atoms with Crippen molar-refractivity contribution in [2.45, 2.75) is 81.8 Å². The lowest BCUT2D eigenvalue weighted by atomic mass is 10.2. The molecule has 18 heteroatoms. The number of hydrogen-bond donors (Lipinski definition) is 4. The number of hydrogen-bond acceptors (Lipinski definition) is 7. The Morgan fingerprint density at radius 1 is 0.678 bits per heavy atom. The van der Waals surface area contributed by atoms with Gasteiger partial charge >= 0.3 is 6.18 Å². The van der Waals surface area contributed by atoms with Crippen molar-refractivity contribution in [1.82, 2.24) is 74.5 Å². The maximum absolute atomic E-state index is 11.8. The highest BCUT2D eigenvalue weighted by Gasteiger charge is 2.34. The molecular formula is C41H62F3N15. The summed E-state index contributed by atoms with van der Waals surface area (Å²) in [6, 6.07) is 5.97. The SMILES string of the molecule is CCc1nccn1C.Cc1ccnn1C.Cc1cn[nH]c1.Cc1cn[nH]c1C.Cc1cn[nH]c1C(F)(F)F.Cc1cnn(C)c1.Cc1n[nH]c(C)c1C.Cn1cccc1. The van der Waals surface area contributed by atoms with E-state index in [0.717, 1.165) is 29.8 Å². The minimum atomic E-state index is -4.30. The van der Waals surface area contributed by atoms with Gasteiger partial charge in [-0.25, -0.2) is 4.98 Å². The summed E-state index contributed by atoms with van der Waals surface area (Å²) >= 11 is 0. The highest BCUT2D eigenvalue weighted by molar-refractivity contribution is 5.20. The summed E-state index contributed by atoms with van der Waals surface area (Å²) in [5, 5.41) is 32.8. The third kappa shape index (κ3) is 21.0. The van der Waals surface area contributed by atoms with Gasteiger partial charge in [0, 0.05) is 95.1 Å². The van der Waals surface area contributed by atoms with E-state index >= 15 is 0 Å². The molecule has 8 rings (SSSR count). The number of rotatable bonds is 1. The van der Waals surface area contributed by atoms with Crippen LogP contribution in [0.5, 0.6) is 0 Å². The van der Waals surface area contributed by atoms with Crippen LogP contribution in [0.2, 0.25) is 0 Å². The summed E-state index contributed by atoms with van der Waals surface area (Å²) < 4.78 is 43.1. The second-order valence-corrected chi connectivity index (χ2v) is 13.4. The standard InChI is InChI=1S/2C6H10N2.C5H5F3N2.3C5H8N2.C5H7N.C4H6N2/c1-4-5(2)7-8-6(4)3;1-3-6-7-4-5-8(6)2;1-3-2-9-10-4(3)5(6,7)8;1-5-3-6-7(2)4-5;1-5-3-4-6-7(5)2;1-4-3-6-7-5(4)2;1-6-4-2-3-5-6;1-4-2-5-6-3-4/h1-3H3,(H,7,8);4-5H,3H2,1-2H3;2H,1H3,(H,9,10);2*3-4H,1-2H3;3H,1-2H3,(H,6,7);2-5H,1H3;2-3H,1H3,(H,5,6). The first-order valence-electron chi connectivity index (χ1n) is 18.7. The molecule has 0 fully saturated rings. The van der Waals surface area contributed by atoms with E-state index in [0.29, 0.717) is 0 Å². The molecule has 0 spiro atoms. The molecule has 4 N–H and O–H groups in total. The largest absolute Gasteiger partial charge is 0.433 e. The Bertz CT molecular complexity index is 2070. The third-order valence-electron chi connectivity index (χ3n) is 8.22. The highest BCUT2D eigenvalue weighted by Crippen LogP contribution is 2.29. The first-order valence-corrected chi connectivity index (χ1v) is 18.7. The predicted octanol–water partition coefficient (Wildman–Crippen LogP) is 8.28. The van der Waals surface area contributed by atoms with Crippen LogP contribution < -0.4 is 0 Å². The molecule has 0 bridgehead atoms. The van der Waals surface area contributed by atoms with E-state index in [-0.39, 0.29) is 5.56 Å². The zero-order valence-electron chi connectivity index (χ0n) is 36.8. The Morgan fingerprint density at radius 2 is 1.32 bits per heavy atom. The molecular weight excluding hydrogens is 760 g/mol. The maximum Gasteiger partial charge on any atom is 0.433 e. The van der Waals surface area contributed by atoms with E-state index in [9.17, 15) is 13.2 Å². The van der Waals surface area contributed by atoms with E-state index in [1.165, 1.54) is 40.6 Å². The molecule has 0 unspecified atom stereocenters. The van der Waals surface area contributed by atoms with Gasteiger partial charge < -0.3 is 9.13 Å². The van der Waals surface area contributed by atoms with E-state index in [2.05, 4.69) is 64.7 Å². The number of halogens is 3. The Balaban J connectivity index is 0.000000339. The van der Waals surface area contributed by atoms with Gasteiger partial charge in [0.05, 0.1) is 30.5 Å². The maximum atomic E-state index is 11.8. The van der Waals surface area contributed by atoms with Gasteiger partial charge in [-0.05, 0) is 108 Å². The molecule has 59 heavy (non-hydrogen) atoms. The van der Waals surface area contributed by atoms with Gasteiger partial charge in [-0.2, -0.15) is 43.8 Å². The van der Waals surface area contributed by atoms with Crippen LogP contribution in [-0.4, -0.2) is 74.5 Å². The van der Waals surface area contributed by atoms with Gasteiger partial charge in [0.15, 0.2) is 0 Å². The quantitative estimate of drug-likeness (QED) is 0.129. The minimum Gasteiger partial charge on any atom is -0.357 e. The van der Waals surface area contributed by atoms with Crippen LogP contribution >= 0.6 is 0 Å². The summed E-state index contributed by atoms with van der Waals surface area (Å²) in [5.41, 5.74) is 8.84. The first kappa shape index (κ1) is 50.6. The molecule has 0 aliphatic heterocycles. The van der Waals surface area contributed by atoms with Crippen molar-refractivity contribution < 1.29 is 13.2 Å². The Labute approximate surface area is 345 Å². The van der Waals surface area contributed by atoms with Gasteiger partial charge in [-0.3, -0.25) is 29.8 Å². The molecule has 8 heterocycles. The third-order valence-corrected chi connectivity index (χ3v) is 8.22. The normalized spacial score (nSPS) is 9.85. The van der Waals surface area contributed by atoms with E-state index in [1.54, 1.807) is 17.1 Å². The van der Waals surface area contributed by atoms with Crippen molar-refractivity contribution in [3.63, 3.8) is 0 Å². The molecule has 0 saturated heterocycles. The topological polar surface area (TPSA) is 173 Å². The van der Waals surface area contributed by atoms with Crippen LogP contribution in [0.15, 0.2) is 86.4 Å². The molecule has 0 saturated carbocycles. The molecule has 0 radical (unpaired) electrons. The summed E-state index contributed by atoms with van der Waals surface area (Å²) in [5.74, 6) is 1.14. The summed E-state index contributed by atoms with van der Waals surface area (Å²) in [4.78, 5) is 4.10. The number of imidazole rings is 1. The minimum absolute atomic E-state index is 0.118. The summed E-state index contributed by atoms with van der Waals surface area (Å²) in [6.45, 7) is 19.6. The molecule has 15 nitrogen and oxygen atoms in total. The Hall–Kier alpha value is -6.46. The second kappa shape index (κ2) is 26.5. The number of aromatic amines is 4. The van der Waals surface area contributed by atoms with Crippen molar-refractivity contribution in [1.29, 1.82) is 0 Å². The number of nitrogens with zero attached hydrogens (tertiary/aromatic N) is 11. The summed E-state index contributed by atoms with van der Waals surface area (Å²) in [6.07, 6.45) is 16.7. The zero-order valence-corrected chi connectivity index (χ0v) is 36.8. The van der Waals surface area contributed by atoms with Crippen LogP contribution in [0, 0.1) is 62.3 Å². The van der Waals surface area contributed by atoms with E-state index in [4.69, 9.17) is 0 Å². The van der Waals surface area contributed by atoms with Gasteiger partial charge in [-0.15, -0.1) is 0 Å². The zero-order chi connectivity index (χ0) is 44.5. The monoisotopic (exact) mass is 822 g/mol. The van der Waals surface area contributed by atoms with Crippen molar-refractivity contribution in [2.75, 3.05) is 0 Å². The number of H-pyrrole nitrogens is 4. The molecule has 0 aromatic carbocycles. The second-order valence-electron chi connectivity index (χ2n) is 13.4. The van der Waals surface area contributed by atoms with Crippen molar-refractivity contribution in [2.24, 2.45) is 28.2 Å². The van der Waals surface area contributed by atoms with Crippen LogP contribution in [0.25, 0.3) is 0 Å². The lowest BCUT2D eigenvalue weighted by molar-refractivity contribution is -0.141. The average molecular weight is 822 g/mol. The Morgan fingerprint density at radius 3 is 1.49 bits per heavy atom. The average Bonchev–Trinajstić information content (AvgIpc) is 4.05. The van der Waals surface area contributed by atoms with Crippen molar-refractivity contribution in [3.05, 3.63) is 148 Å². The van der Waals surface area contributed by atoms with Crippen LogP contribution in [0.3, 0.4) is 0 Å². The molecule has 8 aromatic heterocycles. The first-order chi connectivity index (χ1) is 27.8. The number of nitrogens with one attached hydrogen (secondary N) is 4. The smallest absolute Gasteiger partial charge is 0.357 e. The highest BCUT2D eigenvalue weighted by atomic mass is 19.4. The van der Waals surface area contributed by atoms with E-state index in [1.807, 2.05) is 163 Å². The van der Waals surface area contributed by atoms with Crippen LogP contribution in [-0.2, 0) is 40.8 Å². The molecule has 0 aliphatic rings. The van der Waals surface area contributed by atoms with E-state index < -0.39 is 11.9 Å². The van der Waals surface area contributed by atoms with Gasteiger partial charge in [0.1, 0.15) is 11.5 Å². The van der Waals surface area contributed by atoms with Crippen molar-refractivity contribution >= 4 is 0 Å². The van der Waals surface area contributed by atoms with Crippen LogP contribution in [0.1, 0.15) is 69.0 Å². The number of aryl methyl sites for hydroxylation is 13. The molecule has 0 aliphatic carbocycles. The molecule has 0 atom stereocenters. The fourth-order valence-electron chi connectivity index (χ4n) is 4.11. The number of aromatic nitrogens is 15. The molecule has 322 valence electrons. The molecule has 8 aromatic rings. The van der Waals surface area contributed by atoms with Gasteiger partial charge in [-0.1, -0.05) is 6.92 Å². The summed E-state index contributed by atoms with van der Waals surface area (Å²) in [7, 11) is 7.84.